The second-order valence-corrected chi connectivity index (χ2v) is 5.34. The lowest BCUT2D eigenvalue weighted by atomic mass is 9.93. The first kappa shape index (κ1) is 11.4. The standard InChI is InChI=1S/C13H26N2/c1-3-12-7-5-10-15(12)11-13(4-2)8-6-9-14-13/h12,14H,3-11H2,1-2H3. The SMILES string of the molecule is CCC1CCCN1CC1(CC)CCCN1. The number of hydrogen-bond acceptors (Lipinski definition) is 2. The fraction of sp³-hybridized carbons (Fsp3) is 1.00. The van der Waals surface area contributed by atoms with Gasteiger partial charge in [0.2, 0.25) is 0 Å². The molecule has 0 radical (unpaired) electrons. The van der Waals surface area contributed by atoms with Gasteiger partial charge in [0, 0.05) is 18.1 Å². The van der Waals surface area contributed by atoms with E-state index in [-0.39, 0.29) is 0 Å². The van der Waals surface area contributed by atoms with E-state index >= 15 is 0 Å². The molecule has 2 unspecified atom stereocenters. The summed E-state index contributed by atoms with van der Waals surface area (Å²) in [5, 5.41) is 3.75. The minimum absolute atomic E-state index is 0.456. The highest BCUT2D eigenvalue weighted by Gasteiger charge is 2.36. The van der Waals surface area contributed by atoms with Crippen LogP contribution in [0.4, 0.5) is 0 Å². The fourth-order valence-electron chi connectivity index (χ4n) is 3.37. The van der Waals surface area contributed by atoms with Crippen LogP contribution < -0.4 is 5.32 Å². The van der Waals surface area contributed by atoms with Gasteiger partial charge >= 0.3 is 0 Å². The van der Waals surface area contributed by atoms with Crippen LogP contribution in [0.15, 0.2) is 0 Å². The second-order valence-electron chi connectivity index (χ2n) is 5.34. The molecule has 2 fully saturated rings. The molecule has 0 aromatic rings. The Balaban J connectivity index is 1.94. The highest BCUT2D eigenvalue weighted by Crippen LogP contribution is 2.28. The normalized spacial score (nSPS) is 37.6. The van der Waals surface area contributed by atoms with Crippen molar-refractivity contribution in [2.24, 2.45) is 0 Å². The Labute approximate surface area is 94.4 Å². The van der Waals surface area contributed by atoms with Gasteiger partial charge < -0.3 is 5.32 Å². The highest BCUT2D eigenvalue weighted by molar-refractivity contribution is 4.96. The predicted molar refractivity (Wildman–Crippen MR) is 65.1 cm³/mol. The molecule has 0 aromatic heterocycles. The summed E-state index contributed by atoms with van der Waals surface area (Å²) in [7, 11) is 0. The van der Waals surface area contributed by atoms with Crippen molar-refractivity contribution < 1.29 is 0 Å². The summed E-state index contributed by atoms with van der Waals surface area (Å²) in [6.45, 7) is 8.54. The first-order valence-corrected chi connectivity index (χ1v) is 6.79. The van der Waals surface area contributed by atoms with Gasteiger partial charge in [0.15, 0.2) is 0 Å². The molecule has 1 N–H and O–H groups in total. The summed E-state index contributed by atoms with van der Waals surface area (Å²) in [5.74, 6) is 0. The summed E-state index contributed by atoms with van der Waals surface area (Å²) in [4.78, 5) is 2.74. The van der Waals surface area contributed by atoms with Crippen molar-refractivity contribution in [3.05, 3.63) is 0 Å². The number of rotatable bonds is 4. The van der Waals surface area contributed by atoms with Crippen molar-refractivity contribution >= 4 is 0 Å². The summed E-state index contributed by atoms with van der Waals surface area (Å²) < 4.78 is 0. The van der Waals surface area contributed by atoms with Gasteiger partial charge in [-0.05, 0) is 51.6 Å². The first-order valence-electron chi connectivity index (χ1n) is 6.79. The van der Waals surface area contributed by atoms with Crippen molar-refractivity contribution in [1.82, 2.24) is 10.2 Å². The van der Waals surface area contributed by atoms with Crippen molar-refractivity contribution in [3.8, 4) is 0 Å². The van der Waals surface area contributed by atoms with Crippen molar-refractivity contribution in [2.45, 2.75) is 64.0 Å². The van der Waals surface area contributed by atoms with Gasteiger partial charge in [-0.15, -0.1) is 0 Å². The predicted octanol–water partition coefficient (Wildman–Crippen LogP) is 2.39. The van der Waals surface area contributed by atoms with Gasteiger partial charge in [-0.2, -0.15) is 0 Å². The molecule has 0 spiro atoms. The van der Waals surface area contributed by atoms with E-state index in [1.165, 1.54) is 58.2 Å². The Morgan fingerprint density at radius 3 is 2.80 bits per heavy atom. The lowest BCUT2D eigenvalue weighted by Crippen LogP contribution is -2.50. The van der Waals surface area contributed by atoms with Gasteiger partial charge in [-0.1, -0.05) is 13.8 Å². The molecular weight excluding hydrogens is 184 g/mol. The number of hydrogen-bond donors (Lipinski definition) is 1. The first-order chi connectivity index (χ1) is 7.29. The van der Waals surface area contributed by atoms with E-state index in [2.05, 4.69) is 24.1 Å². The number of likely N-dealkylation sites (tertiary alicyclic amines) is 1. The lowest BCUT2D eigenvalue weighted by Gasteiger charge is -2.35. The Morgan fingerprint density at radius 1 is 1.33 bits per heavy atom. The third-order valence-electron chi connectivity index (χ3n) is 4.48. The van der Waals surface area contributed by atoms with E-state index in [9.17, 15) is 0 Å². The van der Waals surface area contributed by atoms with Gasteiger partial charge in [-0.25, -0.2) is 0 Å². The Hall–Kier alpha value is -0.0800. The molecule has 0 aliphatic carbocycles. The fourth-order valence-corrected chi connectivity index (χ4v) is 3.37. The number of nitrogens with zero attached hydrogens (tertiary/aromatic N) is 1. The quantitative estimate of drug-likeness (QED) is 0.766. The van der Waals surface area contributed by atoms with Crippen LogP contribution in [0.2, 0.25) is 0 Å². The van der Waals surface area contributed by atoms with Crippen LogP contribution in [0.25, 0.3) is 0 Å². The average Bonchev–Trinajstić information content (AvgIpc) is 2.88. The molecule has 2 heterocycles. The molecule has 2 rings (SSSR count). The maximum absolute atomic E-state index is 3.75. The van der Waals surface area contributed by atoms with E-state index in [1.807, 2.05) is 0 Å². The van der Waals surface area contributed by atoms with Gasteiger partial charge in [0.25, 0.3) is 0 Å². The van der Waals surface area contributed by atoms with E-state index in [4.69, 9.17) is 0 Å². The van der Waals surface area contributed by atoms with Crippen LogP contribution in [-0.4, -0.2) is 36.1 Å². The molecule has 88 valence electrons. The molecule has 2 aliphatic heterocycles. The van der Waals surface area contributed by atoms with E-state index in [1.54, 1.807) is 0 Å². The van der Waals surface area contributed by atoms with Crippen LogP contribution in [0.3, 0.4) is 0 Å². The Kier molecular flexibility index (Phi) is 3.68. The molecule has 2 heteroatoms. The van der Waals surface area contributed by atoms with Crippen LogP contribution in [0.5, 0.6) is 0 Å². The Morgan fingerprint density at radius 2 is 2.20 bits per heavy atom. The molecule has 2 atom stereocenters. The molecule has 0 aromatic carbocycles. The highest BCUT2D eigenvalue weighted by atomic mass is 15.2. The zero-order valence-electron chi connectivity index (χ0n) is 10.4. The summed E-state index contributed by atoms with van der Waals surface area (Å²) in [6.07, 6.45) is 8.23. The lowest BCUT2D eigenvalue weighted by molar-refractivity contribution is 0.172. The zero-order chi connectivity index (χ0) is 10.7. The third-order valence-corrected chi connectivity index (χ3v) is 4.48. The smallest absolute Gasteiger partial charge is 0.0306 e. The minimum atomic E-state index is 0.456. The van der Waals surface area contributed by atoms with Crippen molar-refractivity contribution in [2.75, 3.05) is 19.6 Å². The molecule has 0 bridgehead atoms. The number of nitrogens with one attached hydrogen (secondary N) is 1. The topological polar surface area (TPSA) is 15.3 Å². The summed E-state index contributed by atoms with van der Waals surface area (Å²) in [6, 6.07) is 0.871. The zero-order valence-corrected chi connectivity index (χ0v) is 10.4. The third kappa shape index (κ3) is 2.36. The molecule has 2 saturated heterocycles. The van der Waals surface area contributed by atoms with Crippen LogP contribution in [-0.2, 0) is 0 Å². The summed E-state index contributed by atoms with van der Waals surface area (Å²) in [5.41, 5.74) is 0.456. The average molecular weight is 210 g/mol. The van der Waals surface area contributed by atoms with Crippen LogP contribution in [0.1, 0.15) is 52.4 Å². The van der Waals surface area contributed by atoms with Gasteiger partial charge in [-0.3, -0.25) is 4.90 Å². The van der Waals surface area contributed by atoms with Crippen molar-refractivity contribution in [3.63, 3.8) is 0 Å². The largest absolute Gasteiger partial charge is 0.310 e. The van der Waals surface area contributed by atoms with Gasteiger partial charge in [0.1, 0.15) is 0 Å². The molecule has 0 saturated carbocycles. The minimum Gasteiger partial charge on any atom is -0.310 e. The van der Waals surface area contributed by atoms with E-state index in [0.29, 0.717) is 5.54 Å². The monoisotopic (exact) mass is 210 g/mol. The molecule has 2 aliphatic rings. The van der Waals surface area contributed by atoms with Gasteiger partial charge in [0.05, 0.1) is 0 Å². The second kappa shape index (κ2) is 4.84. The maximum Gasteiger partial charge on any atom is 0.0306 e. The van der Waals surface area contributed by atoms with Crippen LogP contribution in [0, 0.1) is 0 Å². The van der Waals surface area contributed by atoms with E-state index in [0.717, 1.165) is 6.04 Å². The maximum atomic E-state index is 3.75. The molecule has 2 nitrogen and oxygen atoms in total. The molecule has 15 heavy (non-hydrogen) atoms. The molecular formula is C13H26N2. The molecule has 0 amide bonds. The van der Waals surface area contributed by atoms with E-state index < -0.39 is 0 Å². The summed E-state index contributed by atoms with van der Waals surface area (Å²) >= 11 is 0. The Bertz CT molecular complexity index is 197. The van der Waals surface area contributed by atoms with Crippen LogP contribution >= 0.6 is 0 Å². The van der Waals surface area contributed by atoms with Crippen molar-refractivity contribution in [1.29, 1.82) is 0 Å².